The van der Waals surface area contributed by atoms with Gasteiger partial charge in [-0.15, -0.1) is 0 Å². The van der Waals surface area contributed by atoms with Crippen molar-refractivity contribution in [2.24, 2.45) is 18.9 Å². The lowest BCUT2D eigenvalue weighted by Crippen LogP contribution is -2.42. The van der Waals surface area contributed by atoms with E-state index >= 15 is 0 Å². The number of pyridine rings is 1. The molecule has 0 radical (unpaired) electrons. The first-order valence-electron chi connectivity index (χ1n) is 21.7. The van der Waals surface area contributed by atoms with Gasteiger partial charge >= 0.3 is 0 Å². The summed E-state index contributed by atoms with van der Waals surface area (Å²) < 4.78 is 23.0. The zero-order valence-corrected chi connectivity index (χ0v) is 36.0. The molecule has 2 aromatic carbocycles. The molecule has 15 nitrogen and oxygen atoms in total. The summed E-state index contributed by atoms with van der Waals surface area (Å²) in [6.45, 7) is 12.4. The van der Waals surface area contributed by atoms with E-state index in [1.54, 1.807) is 25.5 Å². The first kappa shape index (κ1) is 42.5. The summed E-state index contributed by atoms with van der Waals surface area (Å²) in [4.78, 5) is 48.4. The molecule has 0 saturated carbocycles. The molecule has 326 valence electrons. The second-order valence-corrected chi connectivity index (χ2v) is 17.2. The Bertz CT molecular complexity index is 2420. The van der Waals surface area contributed by atoms with Crippen LogP contribution in [0.2, 0.25) is 0 Å². The monoisotopic (exact) mass is 845 g/mol. The van der Waals surface area contributed by atoms with Crippen molar-refractivity contribution in [1.82, 2.24) is 44.9 Å². The summed E-state index contributed by atoms with van der Waals surface area (Å²) >= 11 is 0. The Morgan fingerprint density at radius 1 is 0.968 bits per heavy atom. The third kappa shape index (κ3) is 9.34. The van der Waals surface area contributed by atoms with Crippen LogP contribution in [-0.2, 0) is 29.7 Å². The van der Waals surface area contributed by atoms with Gasteiger partial charge in [-0.2, -0.15) is 20.1 Å². The second-order valence-electron chi connectivity index (χ2n) is 17.2. The van der Waals surface area contributed by atoms with Crippen LogP contribution in [-0.4, -0.2) is 96.5 Å². The van der Waals surface area contributed by atoms with E-state index in [1.807, 2.05) is 37.1 Å². The number of carbonyl (C=O) groups is 3. The molecule has 62 heavy (non-hydrogen) atoms. The molecule has 16 heteroatoms. The lowest BCUT2D eigenvalue weighted by Gasteiger charge is -2.38. The molecular weight excluding hydrogens is 790 g/mol. The molecule has 2 fully saturated rings. The van der Waals surface area contributed by atoms with Crippen molar-refractivity contribution in [2.45, 2.75) is 84.5 Å². The van der Waals surface area contributed by atoms with Crippen molar-refractivity contribution in [2.75, 3.05) is 43.4 Å². The number of ether oxygens (including phenoxy) is 1. The number of carbonyl (C=O) groups excluding carboxylic acids is 3. The SMILES string of the molecule is Cc1cnn(CC2CCN(CC3CCN(c4ccc5c(c4)CN(C(C)CCC(=O)NC=O)C5=O)CC3)CC2)c1-c1cnc(N)c(OC(C)c2cc(F)ccc2-c2cnn(C)n2)c1. The summed E-state index contributed by atoms with van der Waals surface area (Å²) in [5, 5.41) is 15.6. The van der Waals surface area contributed by atoms with Crippen LogP contribution in [0.1, 0.15) is 85.5 Å². The molecule has 0 aliphatic carbocycles. The maximum absolute atomic E-state index is 14.5. The number of fused-ring (bicyclic) bond motifs is 1. The number of amides is 3. The van der Waals surface area contributed by atoms with Crippen LogP contribution in [0.5, 0.6) is 5.75 Å². The van der Waals surface area contributed by atoms with Crippen molar-refractivity contribution >= 4 is 29.7 Å². The standard InChI is InChI=1S/C46H56FN11O4/c1-29-22-52-58(44(29)34-20-42(45(48)49-23-34)62-31(3)40-21-36(47)6-8-39(40)41-24-51-54(4)53-41)26-33-11-15-55(16-12-33)25-32-13-17-56(18-14-32)37-7-9-38-35(19-37)27-57(46(38)61)30(2)5-10-43(60)50-28-59/h6-9,19-24,28,30-33H,5,10-18,25-27H2,1-4H3,(H2,48,49)(H,50,59,60). The predicted octanol–water partition coefficient (Wildman–Crippen LogP) is 5.94. The first-order valence-corrected chi connectivity index (χ1v) is 21.7. The number of rotatable bonds is 15. The van der Waals surface area contributed by atoms with Gasteiger partial charge in [-0.1, -0.05) is 0 Å². The average Bonchev–Trinajstić information content (AvgIpc) is 3.97. The van der Waals surface area contributed by atoms with Crippen LogP contribution in [0.3, 0.4) is 0 Å². The number of halogens is 1. The van der Waals surface area contributed by atoms with Crippen molar-refractivity contribution < 1.29 is 23.5 Å². The average molecular weight is 846 g/mol. The Morgan fingerprint density at radius 3 is 2.45 bits per heavy atom. The van der Waals surface area contributed by atoms with E-state index < -0.39 is 6.10 Å². The smallest absolute Gasteiger partial charge is 0.254 e. The van der Waals surface area contributed by atoms with Gasteiger partial charge in [-0.3, -0.25) is 24.4 Å². The molecular formula is C46H56FN11O4. The number of aromatic nitrogens is 6. The number of aryl methyl sites for hydroxylation is 2. The molecule has 2 saturated heterocycles. The predicted molar refractivity (Wildman–Crippen MR) is 233 cm³/mol. The maximum atomic E-state index is 14.5. The van der Waals surface area contributed by atoms with Gasteiger partial charge in [0.25, 0.3) is 5.91 Å². The summed E-state index contributed by atoms with van der Waals surface area (Å²) in [5.74, 6) is 1.09. The molecule has 2 unspecified atom stereocenters. The van der Waals surface area contributed by atoms with E-state index in [9.17, 15) is 18.8 Å². The minimum Gasteiger partial charge on any atom is -0.482 e. The Labute approximate surface area is 361 Å². The number of anilines is 2. The summed E-state index contributed by atoms with van der Waals surface area (Å²) in [6.07, 6.45) is 10.3. The molecule has 3 aliphatic rings. The van der Waals surface area contributed by atoms with E-state index in [0.29, 0.717) is 48.2 Å². The van der Waals surface area contributed by atoms with Crippen molar-refractivity contribution in [1.29, 1.82) is 0 Å². The largest absolute Gasteiger partial charge is 0.482 e. The van der Waals surface area contributed by atoms with E-state index in [1.165, 1.54) is 16.9 Å². The number of nitrogens with zero attached hydrogens (tertiary/aromatic N) is 9. The number of nitrogens with one attached hydrogen (secondary N) is 1. The van der Waals surface area contributed by atoms with Crippen LogP contribution in [0.25, 0.3) is 22.5 Å². The number of nitrogens with two attached hydrogens (primary N) is 1. The van der Waals surface area contributed by atoms with Gasteiger partial charge in [0.1, 0.15) is 17.6 Å². The Balaban J connectivity index is 0.826. The van der Waals surface area contributed by atoms with Gasteiger partial charge in [0, 0.05) is 86.4 Å². The maximum Gasteiger partial charge on any atom is 0.254 e. The van der Waals surface area contributed by atoms with Gasteiger partial charge in [-0.25, -0.2) is 9.37 Å². The third-order valence-corrected chi connectivity index (χ3v) is 12.9. The Morgan fingerprint density at radius 2 is 1.71 bits per heavy atom. The van der Waals surface area contributed by atoms with Crippen LogP contribution < -0.4 is 20.7 Å². The van der Waals surface area contributed by atoms with Gasteiger partial charge in [0.05, 0.1) is 18.1 Å². The molecule has 0 spiro atoms. The number of piperidine rings is 2. The van der Waals surface area contributed by atoms with Crippen LogP contribution >= 0.6 is 0 Å². The fourth-order valence-corrected chi connectivity index (χ4v) is 9.35. The van der Waals surface area contributed by atoms with Gasteiger partial charge in [0.2, 0.25) is 12.3 Å². The Hall–Kier alpha value is -6.16. The molecule has 6 heterocycles. The van der Waals surface area contributed by atoms with Crippen molar-refractivity contribution in [3.63, 3.8) is 0 Å². The Kier molecular flexibility index (Phi) is 12.7. The highest BCUT2D eigenvalue weighted by molar-refractivity contribution is 5.99. The zero-order valence-electron chi connectivity index (χ0n) is 36.0. The molecule has 3 amide bonds. The quantitative estimate of drug-likeness (QED) is 0.120. The van der Waals surface area contributed by atoms with Crippen LogP contribution in [0, 0.1) is 24.6 Å². The van der Waals surface area contributed by atoms with Crippen molar-refractivity contribution in [3.05, 3.63) is 89.1 Å². The lowest BCUT2D eigenvalue weighted by atomic mass is 9.92. The number of benzene rings is 2. The normalized spacial score (nSPS) is 17.3. The highest BCUT2D eigenvalue weighted by Crippen LogP contribution is 2.36. The fraction of sp³-hybridized carbons (Fsp3) is 0.457. The molecule has 3 N–H and O–H groups in total. The zero-order chi connectivity index (χ0) is 43.5. The summed E-state index contributed by atoms with van der Waals surface area (Å²) in [5.41, 5.74) is 14.1. The lowest BCUT2D eigenvalue weighted by molar-refractivity contribution is -0.125. The summed E-state index contributed by atoms with van der Waals surface area (Å²) in [6, 6.07) is 12.5. The minimum atomic E-state index is -0.559. The third-order valence-electron chi connectivity index (χ3n) is 12.9. The highest BCUT2D eigenvalue weighted by Gasteiger charge is 2.32. The van der Waals surface area contributed by atoms with Crippen LogP contribution in [0.15, 0.2) is 61.1 Å². The van der Waals surface area contributed by atoms with Gasteiger partial charge < -0.3 is 25.2 Å². The van der Waals surface area contributed by atoms with Gasteiger partial charge in [-0.05, 0) is 131 Å². The topological polar surface area (TPSA) is 170 Å². The highest BCUT2D eigenvalue weighted by atomic mass is 19.1. The summed E-state index contributed by atoms with van der Waals surface area (Å²) in [7, 11) is 1.74. The number of hydrogen-bond acceptors (Lipinski definition) is 11. The van der Waals surface area contributed by atoms with E-state index in [0.717, 1.165) is 104 Å². The molecule has 8 rings (SSSR count). The fourth-order valence-electron chi connectivity index (χ4n) is 9.35. The number of likely N-dealkylation sites (tertiary alicyclic amines) is 1. The van der Waals surface area contributed by atoms with Crippen LogP contribution in [0.4, 0.5) is 15.9 Å². The number of imide groups is 1. The van der Waals surface area contributed by atoms with E-state index in [4.69, 9.17) is 15.6 Å². The molecule has 3 aliphatic heterocycles. The van der Waals surface area contributed by atoms with E-state index in [-0.39, 0.29) is 35.9 Å². The molecule has 2 atom stereocenters. The molecule has 3 aromatic heterocycles. The number of hydrogen-bond donors (Lipinski definition) is 2. The minimum absolute atomic E-state index is 0.000589. The molecule has 5 aromatic rings. The van der Waals surface area contributed by atoms with Crippen molar-refractivity contribution in [3.8, 4) is 28.3 Å². The molecule has 0 bridgehead atoms. The van der Waals surface area contributed by atoms with Gasteiger partial charge in [0.15, 0.2) is 11.6 Å². The second kappa shape index (κ2) is 18.4. The number of nitrogen functional groups attached to an aromatic ring is 1. The van der Waals surface area contributed by atoms with E-state index in [2.05, 4.69) is 54.0 Å². The first-order chi connectivity index (χ1) is 29.9.